The van der Waals surface area contributed by atoms with Gasteiger partial charge >= 0.3 is 0 Å². The minimum atomic E-state index is -0.320. The molecule has 2 aromatic heterocycles. The van der Waals surface area contributed by atoms with Gasteiger partial charge in [0.25, 0.3) is 5.91 Å². The molecule has 0 spiro atoms. The first-order valence-electron chi connectivity index (χ1n) is 6.86. The Kier molecular flexibility index (Phi) is 6.58. The SMILES string of the molecule is O=C(NCCCNCc1cccnc1)c1nc(Cl)ccc1Cl. The van der Waals surface area contributed by atoms with Gasteiger partial charge in [0.05, 0.1) is 5.02 Å². The molecule has 0 atom stereocenters. The number of nitrogens with zero attached hydrogens (tertiary/aromatic N) is 2. The zero-order chi connectivity index (χ0) is 15.8. The number of hydrogen-bond donors (Lipinski definition) is 2. The molecule has 5 nitrogen and oxygen atoms in total. The number of hydrogen-bond acceptors (Lipinski definition) is 4. The lowest BCUT2D eigenvalue weighted by Gasteiger charge is -2.07. The lowest BCUT2D eigenvalue weighted by Crippen LogP contribution is -2.28. The second-order valence-corrected chi connectivity index (χ2v) is 5.41. The van der Waals surface area contributed by atoms with Crippen molar-refractivity contribution in [1.82, 2.24) is 20.6 Å². The van der Waals surface area contributed by atoms with Gasteiger partial charge in [0.1, 0.15) is 10.8 Å². The maximum absolute atomic E-state index is 11.9. The molecule has 0 unspecified atom stereocenters. The van der Waals surface area contributed by atoms with Crippen molar-refractivity contribution < 1.29 is 4.79 Å². The molecule has 0 fully saturated rings. The van der Waals surface area contributed by atoms with E-state index in [2.05, 4.69) is 20.6 Å². The molecule has 2 heterocycles. The lowest BCUT2D eigenvalue weighted by molar-refractivity contribution is 0.0948. The molecule has 0 aliphatic heterocycles. The molecule has 0 saturated heterocycles. The van der Waals surface area contributed by atoms with Gasteiger partial charge in [-0.2, -0.15) is 0 Å². The number of carbonyl (C=O) groups excluding carboxylic acids is 1. The van der Waals surface area contributed by atoms with E-state index in [4.69, 9.17) is 23.2 Å². The topological polar surface area (TPSA) is 66.9 Å². The molecular weight excluding hydrogens is 323 g/mol. The van der Waals surface area contributed by atoms with Crippen molar-refractivity contribution in [3.63, 3.8) is 0 Å². The Labute approximate surface area is 139 Å². The fourth-order valence-electron chi connectivity index (χ4n) is 1.81. The number of halogens is 2. The van der Waals surface area contributed by atoms with Crippen molar-refractivity contribution in [3.05, 3.63) is 58.1 Å². The van der Waals surface area contributed by atoms with Crippen LogP contribution < -0.4 is 10.6 Å². The fourth-order valence-corrected chi connectivity index (χ4v) is 2.15. The molecule has 7 heteroatoms. The average Bonchev–Trinajstić information content (AvgIpc) is 2.54. The number of amides is 1. The van der Waals surface area contributed by atoms with Crippen molar-refractivity contribution in [3.8, 4) is 0 Å². The van der Waals surface area contributed by atoms with Crippen molar-refractivity contribution >= 4 is 29.1 Å². The second kappa shape index (κ2) is 8.68. The highest BCUT2D eigenvalue weighted by atomic mass is 35.5. The summed E-state index contributed by atoms with van der Waals surface area (Å²) in [5.41, 5.74) is 1.28. The Morgan fingerprint density at radius 1 is 1.18 bits per heavy atom. The van der Waals surface area contributed by atoms with Gasteiger partial charge in [-0.25, -0.2) is 4.98 Å². The monoisotopic (exact) mass is 338 g/mol. The summed E-state index contributed by atoms with van der Waals surface area (Å²) in [7, 11) is 0. The van der Waals surface area contributed by atoms with E-state index >= 15 is 0 Å². The van der Waals surface area contributed by atoms with E-state index in [0.29, 0.717) is 6.54 Å². The Balaban J connectivity index is 1.66. The van der Waals surface area contributed by atoms with E-state index in [1.807, 2.05) is 18.3 Å². The maximum atomic E-state index is 11.9. The van der Waals surface area contributed by atoms with Gasteiger partial charge in [-0.15, -0.1) is 0 Å². The molecule has 0 aromatic carbocycles. The van der Waals surface area contributed by atoms with Crippen LogP contribution in [0.1, 0.15) is 22.5 Å². The quantitative estimate of drug-likeness (QED) is 0.601. The number of nitrogens with one attached hydrogen (secondary N) is 2. The Hall–Kier alpha value is -1.69. The van der Waals surface area contributed by atoms with E-state index in [1.165, 1.54) is 0 Å². The third-order valence-electron chi connectivity index (χ3n) is 2.89. The van der Waals surface area contributed by atoms with Crippen LogP contribution in [-0.4, -0.2) is 29.0 Å². The summed E-state index contributed by atoms with van der Waals surface area (Å²) in [5.74, 6) is -0.320. The molecule has 2 rings (SSSR count). The summed E-state index contributed by atoms with van der Waals surface area (Å²) in [6, 6.07) is 7.01. The van der Waals surface area contributed by atoms with Gasteiger partial charge in [0, 0.05) is 25.5 Å². The summed E-state index contributed by atoms with van der Waals surface area (Å²) in [5, 5.41) is 6.58. The molecule has 0 bridgehead atoms. The smallest absolute Gasteiger partial charge is 0.271 e. The predicted molar refractivity (Wildman–Crippen MR) is 87.2 cm³/mol. The molecule has 0 radical (unpaired) electrons. The van der Waals surface area contributed by atoms with E-state index in [-0.39, 0.29) is 21.8 Å². The van der Waals surface area contributed by atoms with E-state index in [1.54, 1.807) is 18.3 Å². The highest BCUT2D eigenvalue weighted by Gasteiger charge is 2.11. The van der Waals surface area contributed by atoms with Crippen LogP contribution in [0.15, 0.2) is 36.7 Å². The first kappa shape index (κ1) is 16.7. The van der Waals surface area contributed by atoms with Crippen LogP contribution in [-0.2, 0) is 6.54 Å². The van der Waals surface area contributed by atoms with Crippen molar-refractivity contribution in [2.45, 2.75) is 13.0 Å². The van der Waals surface area contributed by atoms with E-state index in [9.17, 15) is 4.79 Å². The molecule has 116 valence electrons. The Morgan fingerprint density at radius 2 is 2.05 bits per heavy atom. The van der Waals surface area contributed by atoms with Gasteiger partial charge in [0.2, 0.25) is 0 Å². The summed E-state index contributed by atoms with van der Waals surface area (Å²) < 4.78 is 0. The van der Waals surface area contributed by atoms with Crippen molar-refractivity contribution in [2.24, 2.45) is 0 Å². The summed E-state index contributed by atoms with van der Waals surface area (Å²) >= 11 is 11.7. The minimum absolute atomic E-state index is 0.150. The predicted octanol–water partition coefficient (Wildman–Crippen LogP) is 2.69. The fraction of sp³-hybridized carbons (Fsp3) is 0.267. The first-order chi connectivity index (χ1) is 10.7. The van der Waals surface area contributed by atoms with Crippen LogP contribution in [0.4, 0.5) is 0 Å². The summed E-state index contributed by atoms with van der Waals surface area (Å²) in [4.78, 5) is 19.9. The average molecular weight is 339 g/mol. The summed E-state index contributed by atoms with van der Waals surface area (Å²) in [6.07, 6.45) is 4.36. The second-order valence-electron chi connectivity index (χ2n) is 4.61. The number of aromatic nitrogens is 2. The molecule has 2 N–H and O–H groups in total. The molecule has 22 heavy (non-hydrogen) atoms. The molecular formula is C15H16Cl2N4O. The van der Waals surface area contributed by atoms with Gasteiger partial charge in [-0.1, -0.05) is 29.3 Å². The molecule has 0 aliphatic rings. The Bertz CT molecular complexity index is 622. The van der Waals surface area contributed by atoms with Crippen LogP contribution in [0.25, 0.3) is 0 Å². The van der Waals surface area contributed by atoms with Crippen LogP contribution in [0.5, 0.6) is 0 Å². The number of pyridine rings is 2. The maximum Gasteiger partial charge on any atom is 0.271 e. The van der Waals surface area contributed by atoms with Gasteiger partial charge < -0.3 is 10.6 Å². The van der Waals surface area contributed by atoms with Crippen molar-refractivity contribution in [1.29, 1.82) is 0 Å². The van der Waals surface area contributed by atoms with Gasteiger partial charge in [-0.3, -0.25) is 9.78 Å². The van der Waals surface area contributed by atoms with E-state index < -0.39 is 0 Å². The number of carbonyl (C=O) groups is 1. The van der Waals surface area contributed by atoms with Gasteiger partial charge in [0.15, 0.2) is 0 Å². The third kappa shape index (κ3) is 5.26. The largest absolute Gasteiger partial charge is 0.351 e. The third-order valence-corrected chi connectivity index (χ3v) is 3.41. The van der Waals surface area contributed by atoms with E-state index in [0.717, 1.165) is 25.1 Å². The highest BCUT2D eigenvalue weighted by molar-refractivity contribution is 6.34. The van der Waals surface area contributed by atoms with Crippen LogP contribution in [0.3, 0.4) is 0 Å². The molecule has 0 aliphatic carbocycles. The summed E-state index contributed by atoms with van der Waals surface area (Å²) in [6.45, 7) is 2.07. The zero-order valence-electron chi connectivity index (χ0n) is 11.9. The normalized spacial score (nSPS) is 10.5. The lowest BCUT2D eigenvalue weighted by atomic mass is 10.3. The Morgan fingerprint density at radius 3 is 2.82 bits per heavy atom. The first-order valence-corrected chi connectivity index (χ1v) is 7.62. The molecule has 2 aromatic rings. The highest BCUT2D eigenvalue weighted by Crippen LogP contribution is 2.16. The minimum Gasteiger partial charge on any atom is -0.351 e. The van der Waals surface area contributed by atoms with Crippen LogP contribution >= 0.6 is 23.2 Å². The van der Waals surface area contributed by atoms with Crippen LogP contribution in [0.2, 0.25) is 10.2 Å². The number of rotatable bonds is 7. The van der Waals surface area contributed by atoms with Gasteiger partial charge in [-0.05, 0) is 36.7 Å². The molecule has 1 amide bonds. The standard InChI is InChI=1S/C15H16Cl2N4O/c16-12-4-5-13(17)21-14(12)15(22)20-8-2-7-19-10-11-3-1-6-18-9-11/h1,3-6,9,19H,2,7-8,10H2,(H,20,22). The van der Waals surface area contributed by atoms with Crippen molar-refractivity contribution in [2.75, 3.05) is 13.1 Å². The van der Waals surface area contributed by atoms with Crippen LogP contribution in [0, 0.1) is 0 Å². The zero-order valence-corrected chi connectivity index (χ0v) is 13.4. The molecule has 0 saturated carbocycles.